The highest BCUT2D eigenvalue weighted by Gasteiger charge is 2.37. The van der Waals surface area contributed by atoms with Crippen LogP contribution < -0.4 is 0 Å². The molecule has 28 heavy (non-hydrogen) atoms. The van der Waals surface area contributed by atoms with E-state index in [4.69, 9.17) is 4.74 Å². The van der Waals surface area contributed by atoms with E-state index >= 15 is 0 Å². The van der Waals surface area contributed by atoms with Crippen molar-refractivity contribution in [3.8, 4) is 0 Å². The van der Waals surface area contributed by atoms with Gasteiger partial charge in [-0.2, -0.15) is 0 Å². The van der Waals surface area contributed by atoms with Crippen molar-refractivity contribution >= 4 is 11.9 Å². The summed E-state index contributed by atoms with van der Waals surface area (Å²) in [6, 6.07) is 17.7. The van der Waals surface area contributed by atoms with Gasteiger partial charge in [0.1, 0.15) is 0 Å². The molecule has 0 spiro atoms. The highest BCUT2D eigenvalue weighted by atomic mass is 16.5. The number of amides is 1. The van der Waals surface area contributed by atoms with E-state index in [9.17, 15) is 9.59 Å². The Morgan fingerprint density at radius 2 is 1.71 bits per heavy atom. The number of nitrogens with zero attached hydrogens (tertiary/aromatic N) is 1. The number of rotatable bonds is 5. The zero-order valence-corrected chi connectivity index (χ0v) is 16.9. The first-order valence-electron chi connectivity index (χ1n) is 9.70. The Balaban J connectivity index is 2.04. The average molecular weight is 377 g/mol. The molecule has 0 fully saturated rings. The normalized spacial score (nSPS) is 17.2. The smallest absolute Gasteiger partial charge is 0.336 e. The molecule has 0 N–H and O–H groups in total. The quantitative estimate of drug-likeness (QED) is 0.707. The van der Waals surface area contributed by atoms with E-state index in [0.717, 1.165) is 16.7 Å². The van der Waals surface area contributed by atoms with E-state index in [-0.39, 0.29) is 30.3 Å². The summed E-state index contributed by atoms with van der Waals surface area (Å²) in [5.74, 6) is -0.604. The van der Waals surface area contributed by atoms with E-state index in [0.29, 0.717) is 17.8 Å². The molecular formula is C24H27NO3. The van der Waals surface area contributed by atoms with Gasteiger partial charge in [-0.15, -0.1) is 0 Å². The van der Waals surface area contributed by atoms with Gasteiger partial charge in [0.25, 0.3) is 0 Å². The van der Waals surface area contributed by atoms with Gasteiger partial charge in [-0.1, -0.05) is 54.6 Å². The van der Waals surface area contributed by atoms with Crippen molar-refractivity contribution < 1.29 is 14.3 Å². The van der Waals surface area contributed by atoms with Crippen LogP contribution in [0.4, 0.5) is 0 Å². The van der Waals surface area contributed by atoms with Crippen LogP contribution in [0.1, 0.15) is 49.8 Å². The lowest BCUT2D eigenvalue weighted by molar-refractivity contribution is -0.143. The molecule has 3 rings (SSSR count). The topological polar surface area (TPSA) is 46.6 Å². The van der Waals surface area contributed by atoms with Crippen LogP contribution in [0.5, 0.6) is 0 Å². The molecule has 0 aliphatic carbocycles. The molecule has 1 heterocycles. The van der Waals surface area contributed by atoms with E-state index in [1.807, 2.05) is 82.3 Å². The maximum Gasteiger partial charge on any atom is 0.336 e. The Kier molecular flexibility index (Phi) is 5.98. The molecule has 4 heteroatoms. The van der Waals surface area contributed by atoms with Crippen LogP contribution in [0, 0.1) is 6.92 Å². The van der Waals surface area contributed by atoms with Crippen molar-refractivity contribution in [1.29, 1.82) is 0 Å². The zero-order valence-electron chi connectivity index (χ0n) is 16.9. The summed E-state index contributed by atoms with van der Waals surface area (Å²) in [7, 11) is 0. The summed E-state index contributed by atoms with van der Waals surface area (Å²) >= 11 is 0. The number of aryl methyl sites for hydroxylation is 1. The number of benzene rings is 2. The first kappa shape index (κ1) is 19.9. The Bertz CT molecular complexity index is 899. The fourth-order valence-corrected chi connectivity index (χ4v) is 3.67. The summed E-state index contributed by atoms with van der Waals surface area (Å²) in [6.07, 6.45) is 0.0436. The van der Waals surface area contributed by atoms with Crippen molar-refractivity contribution in [3.05, 3.63) is 82.6 Å². The van der Waals surface area contributed by atoms with Gasteiger partial charge in [-0.3, -0.25) is 4.79 Å². The Labute approximate surface area is 166 Å². The van der Waals surface area contributed by atoms with E-state index in [1.165, 1.54) is 0 Å². The van der Waals surface area contributed by atoms with Crippen LogP contribution in [0.2, 0.25) is 0 Å². The summed E-state index contributed by atoms with van der Waals surface area (Å²) in [6.45, 7) is 8.01. The van der Waals surface area contributed by atoms with Crippen molar-refractivity contribution in [1.82, 2.24) is 4.90 Å². The minimum Gasteiger partial charge on any atom is -0.460 e. The predicted molar refractivity (Wildman–Crippen MR) is 109 cm³/mol. The van der Waals surface area contributed by atoms with Crippen molar-refractivity contribution in [3.63, 3.8) is 0 Å². The number of hydrogen-bond donors (Lipinski definition) is 0. The van der Waals surface area contributed by atoms with E-state index in [2.05, 4.69) is 0 Å². The molecule has 1 atom stereocenters. The number of carbonyl (C=O) groups is 2. The van der Waals surface area contributed by atoms with Gasteiger partial charge in [-0.05, 0) is 44.4 Å². The Morgan fingerprint density at radius 3 is 2.36 bits per heavy atom. The molecule has 1 aliphatic heterocycles. The molecule has 146 valence electrons. The fourth-order valence-electron chi connectivity index (χ4n) is 3.67. The maximum atomic E-state index is 13.0. The van der Waals surface area contributed by atoms with Crippen molar-refractivity contribution in [2.45, 2.75) is 52.7 Å². The van der Waals surface area contributed by atoms with Gasteiger partial charge in [0.05, 0.1) is 18.2 Å². The Morgan fingerprint density at radius 1 is 1.07 bits per heavy atom. The van der Waals surface area contributed by atoms with Gasteiger partial charge < -0.3 is 9.64 Å². The van der Waals surface area contributed by atoms with Crippen LogP contribution in [0.3, 0.4) is 0 Å². The van der Waals surface area contributed by atoms with Crippen molar-refractivity contribution in [2.24, 2.45) is 0 Å². The summed E-state index contributed by atoms with van der Waals surface area (Å²) < 4.78 is 5.53. The van der Waals surface area contributed by atoms with Crippen LogP contribution in [-0.4, -0.2) is 22.9 Å². The lowest BCUT2D eigenvalue weighted by atomic mass is 9.83. The van der Waals surface area contributed by atoms with Crippen LogP contribution >= 0.6 is 0 Å². The SMILES string of the molecule is CC1=C(C(=O)OC(C)C)C(c2ccccc2)CC(=O)N1Cc1ccccc1C. The number of allylic oxidation sites excluding steroid dienone is 1. The van der Waals surface area contributed by atoms with Crippen LogP contribution in [0.25, 0.3) is 0 Å². The number of esters is 1. The summed E-state index contributed by atoms with van der Waals surface area (Å²) in [5, 5.41) is 0. The second-order valence-corrected chi connectivity index (χ2v) is 7.53. The highest BCUT2D eigenvalue weighted by Crippen LogP contribution is 2.37. The molecular weight excluding hydrogens is 350 g/mol. The molecule has 0 saturated heterocycles. The summed E-state index contributed by atoms with van der Waals surface area (Å²) in [4.78, 5) is 27.7. The third-order valence-electron chi connectivity index (χ3n) is 5.18. The third kappa shape index (κ3) is 4.16. The average Bonchev–Trinajstić information content (AvgIpc) is 2.66. The monoisotopic (exact) mass is 377 g/mol. The molecule has 0 saturated carbocycles. The second kappa shape index (κ2) is 8.42. The molecule has 2 aromatic carbocycles. The van der Waals surface area contributed by atoms with Crippen LogP contribution in [0.15, 0.2) is 65.9 Å². The number of carbonyl (C=O) groups excluding carboxylic acids is 2. The summed E-state index contributed by atoms with van der Waals surface area (Å²) in [5.41, 5.74) is 4.41. The molecule has 2 aromatic rings. The molecule has 1 aliphatic rings. The molecule has 1 unspecified atom stereocenters. The fraction of sp³-hybridized carbons (Fsp3) is 0.333. The van der Waals surface area contributed by atoms with Gasteiger partial charge in [0.15, 0.2) is 0 Å². The molecule has 4 nitrogen and oxygen atoms in total. The first-order chi connectivity index (χ1) is 13.4. The van der Waals surface area contributed by atoms with E-state index < -0.39 is 0 Å². The standard InChI is InChI=1S/C24H27NO3/c1-16(2)28-24(27)23-18(4)25(15-20-13-9-8-10-17(20)3)22(26)14-21(23)19-11-6-5-7-12-19/h5-13,16,21H,14-15H2,1-4H3. The molecule has 0 radical (unpaired) electrons. The number of ether oxygens (including phenoxy) is 1. The maximum absolute atomic E-state index is 13.0. The lowest BCUT2D eigenvalue weighted by Crippen LogP contribution is -2.38. The molecule has 0 bridgehead atoms. The van der Waals surface area contributed by atoms with Gasteiger partial charge in [-0.25, -0.2) is 4.79 Å². The largest absolute Gasteiger partial charge is 0.460 e. The molecule has 0 aromatic heterocycles. The number of hydrogen-bond acceptors (Lipinski definition) is 3. The first-order valence-corrected chi connectivity index (χ1v) is 9.70. The highest BCUT2D eigenvalue weighted by molar-refractivity contribution is 5.96. The minimum absolute atomic E-state index is 0.0238. The van der Waals surface area contributed by atoms with Crippen molar-refractivity contribution in [2.75, 3.05) is 0 Å². The third-order valence-corrected chi connectivity index (χ3v) is 5.18. The lowest BCUT2D eigenvalue weighted by Gasteiger charge is -2.35. The Hall–Kier alpha value is -2.88. The van der Waals surface area contributed by atoms with Gasteiger partial charge in [0.2, 0.25) is 5.91 Å². The van der Waals surface area contributed by atoms with Gasteiger partial charge in [0, 0.05) is 18.0 Å². The second-order valence-electron chi connectivity index (χ2n) is 7.53. The van der Waals surface area contributed by atoms with Gasteiger partial charge >= 0.3 is 5.97 Å². The van der Waals surface area contributed by atoms with E-state index in [1.54, 1.807) is 4.90 Å². The zero-order chi connectivity index (χ0) is 20.3. The predicted octanol–water partition coefficient (Wildman–Crippen LogP) is 4.74. The van der Waals surface area contributed by atoms with Crippen LogP contribution in [-0.2, 0) is 20.9 Å². The molecule has 1 amide bonds. The minimum atomic E-state index is -0.344.